The van der Waals surface area contributed by atoms with Crippen LogP contribution in [0.25, 0.3) is 5.65 Å². The third kappa shape index (κ3) is 4.18. The van der Waals surface area contributed by atoms with Crippen molar-refractivity contribution in [3.63, 3.8) is 0 Å². The second kappa shape index (κ2) is 8.58. The number of para-hydroxylation sites is 1. The lowest BCUT2D eigenvalue weighted by atomic mass is 10.0. The normalized spacial score (nSPS) is 10.6. The average Bonchev–Trinajstić information content (AvgIpc) is 3.13. The number of carbonyl (C=O) groups is 3. The number of amides is 1. The fraction of sp³-hybridized carbons (Fsp3) is 0.0870. The van der Waals surface area contributed by atoms with E-state index in [-0.39, 0.29) is 11.3 Å². The molecule has 0 unspecified atom stereocenters. The van der Waals surface area contributed by atoms with Gasteiger partial charge in [-0.15, -0.1) is 0 Å². The molecule has 0 spiro atoms. The van der Waals surface area contributed by atoms with Gasteiger partial charge in [-0.25, -0.2) is 14.3 Å². The van der Waals surface area contributed by atoms with Crippen molar-refractivity contribution in [2.45, 2.75) is 6.92 Å². The summed E-state index contributed by atoms with van der Waals surface area (Å²) in [6, 6.07) is 17.1. The number of ether oxygens (including phenoxy) is 1. The number of anilines is 1. The minimum atomic E-state index is -0.699. The van der Waals surface area contributed by atoms with Crippen LogP contribution in [0.5, 0.6) is 0 Å². The number of esters is 1. The van der Waals surface area contributed by atoms with Crippen molar-refractivity contribution in [2.24, 2.45) is 0 Å². The molecule has 0 bridgehead atoms. The van der Waals surface area contributed by atoms with Gasteiger partial charge in [-0.3, -0.25) is 9.59 Å². The minimum absolute atomic E-state index is 0.202. The first-order valence-corrected chi connectivity index (χ1v) is 9.50. The van der Waals surface area contributed by atoms with Crippen molar-refractivity contribution in [2.75, 3.05) is 11.9 Å². The molecular weight excluding hydrogens is 396 g/mol. The summed E-state index contributed by atoms with van der Waals surface area (Å²) in [6.07, 6.45) is 3.21. The summed E-state index contributed by atoms with van der Waals surface area (Å²) in [5, 5.41) is 6.84. The quantitative estimate of drug-likeness (QED) is 0.384. The molecule has 31 heavy (non-hydrogen) atoms. The molecule has 4 rings (SSSR count). The Balaban J connectivity index is 1.46. The molecule has 0 saturated heterocycles. The average molecular weight is 414 g/mol. The zero-order chi connectivity index (χ0) is 21.8. The molecule has 0 aliphatic rings. The Labute approximate surface area is 177 Å². The van der Waals surface area contributed by atoms with Crippen LogP contribution in [-0.2, 0) is 9.53 Å². The Morgan fingerprint density at radius 3 is 2.55 bits per heavy atom. The van der Waals surface area contributed by atoms with Crippen molar-refractivity contribution in [3.8, 4) is 0 Å². The fourth-order valence-corrected chi connectivity index (χ4v) is 3.16. The predicted octanol–water partition coefficient (Wildman–Crippen LogP) is 3.06. The Bertz CT molecular complexity index is 1280. The largest absolute Gasteiger partial charge is 0.452 e. The van der Waals surface area contributed by atoms with E-state index in [9.17, 15) is 14.4 Å². The van der Waals surface area contributed by atoms with Crippen molar-refractivity contribution in [1.82, 2.24) is 14.6 Å². The molecule has 1 N–H and O–H groups in total. The van der Waals surface area contributed by atoms with E-state index in [2.05, 4.69) is 15.4 Å². The first kappa shape index (κ1) is 20.0. The number of hydrogen-bond donors (Lipinski definition) is 1. The van der Waals surface area contributed by atoms with Gasteiger partial charge in [0.2, 0.25) is 0 Å². The number of aryl methyl sites for hydroxylation is 1. The Morgan fingerprint density at radius 2 is 1.74 bits per heavy atom. The molecule has 1 amide bonds. The molecule has 154 valence electrons. The van der Waals surface area contributed by atoms with Gasteiger partial charge in [-0.1, -0.05) is 42.5 Å². The number of nitrogens with one attached hydrogen (secondary N) is 1. The molecule has 0 atom stereocenters. The SMILES string of the molecule is Cc1nn2cccnc2c1C(=O)OCC(=O)Nc1ccccc1C(=O)c1ccccc1. The van der Waals surface area contributed by atoms with E-state index < -0.39 is 18.5 Å². The van der Waals surface area contributed by atoms with Crippen molar-refractivity contribution in [1.29, 1.82) is 0 Å². The molecule has 8 nitrogen and oxygen atoms in total. The summed E-state index contributed by atoms with van der Waals surface area (Å²) in [5.41, 5.74) is 2.19. The summed E-state index contributed by atoms with van der Waals surface area (Å²) >= 11 is 0. The van der Waals surface area contributed by atoms with Crippen LogP contribution in [0.15, 0.2) is 73.1 Å². The van der Waals surface area contributed by atoms with Crippen LogP contribution >= 0.6 is 0 Å². The highest BCUT2D eigenvalue weighted by Gasteiger charge is 2.21. The van der Waals surface area contributed by atoms with E-state index >= 15 is 0 Å². The van der Waals surface area contributed by atoms with Gasteiger partial charge in [-0.2, -0.15) is 5.10 Å². The Hall–Kier alpha value is -4.33. The van der Waals surface area contributed by atoms with Crippen LogP contribution in [0, 0.1) is 6.92 Å². The van der Waals surface area contributed by atoms with Crippen LogP contribution in [-0.4, -0.2) is 38.9 Å². The molecule has 2 aromatic heterocycles. The molecule has 0 fully saturated rings. The summed E-state index contributed by atoms with van der Waals surface area (Å²) in [6.45, 7) is 1.15. The van der Waals surface area contributed by atoms with E-state index in [0.717, 1.165) is 0 Å². The number of rotatable bonds is 6. The van der Waals surface area contributed by atoms with E-state index in [1.807, 2.05) is 6.07 Å². The number of benzene rings is 2. The lowest BCUT2D eigenvalue weighted by Crippen LogP contribution is -2.22. The van der Waals surface area contributed by atoms with Crippen LogP contribution < -0.4 is 5.32 Å². The number of fused-ring (bicyclic) bond motifs is 1. The number of nitrogens with zero attached hydrogens (tertiary/aromatic N) is 3. The summed E-state index contributed by atoms with van der Waals surface area (Å²) in [4.78, 5) is 41.8. The molecule has 0 aliphatic heterocycles. The van der Waals surface area contributed by atoms with Gasteiger partial charge >= 0.3 is 5.97 Å². The molecule has 8 heteroatoms. The third-order valence-electron chi connectivity index (χ3n) is 4.59. The number of hydrogen-bond acceptors (Lipinski definition) is 6. The highest BCUT2D eigenvalue weighted by molar-refractivity contribution is 6.14. The first-order chi connectivity index (χ1) is 15.0. The van der Waals surface area contributed by atoms with Gasteiger partial charge < -0.3 is 10.1 Å². The zero-order valence-electron chi connectivity index (χ0n) is 16.6. The summed E-state index contributed by atoms with van der Waals surface area (Å²) < 4.78 is 6.63. The molecule has 4 aromatic rings. The highest BCUT2D eigenvalue weighted by Crippen LogP contribution is 2.19. The second-order valence-corrected chi connectivity index (χ2v) is 6.71. The van der Waals surface area contributed by atoms with Crippen molar-refractivity contribution < 1.29 is 19.1 Å². The first-order valence-electron chi connectivity index (χ1n) is 9.50. The fourth-order valence-electron chi connectivity index (χ4n) is 3.16. The number of aromatic nitrogens is 3. The van der Waals surface area contributed by atoms with Crippen LogP contribution in [0.3, 0.4) is 0 Å². The smallest absolute Gasteiger partial charge is 0.344 e. The second-order valence-electron chi connectivity index (χ2n) is 6.71. The minimum Gasteiger partial charge on any atom is -0.452 e. The van der Waals surface area contributed by atoms with E-state index in [0.29, 0.717) is 28.2 Å². The van der Waals surface area contributed by atoms with Crippen LogP contribution in [0.2, 0.25) is 0 Å². The van der Waals surface area contributed by atoms with Gasteiger partial charge in [-0.05, 0) is 25.1 Å². The van der Waals surface area contributed by atoms with Crippen LogP contribution in [0.4, 0.5) is 5.69 Å². The monoisotopic (exact) mass is 414 g/mol. The van der Waals surface area contributed by atoms with E-state index in [1.165, 1.54) is 4.52 Å². The van der Waals surface area contributed by atoms with Gasteiger partial charge in [0.1, 0.15) is 5.56 Å². The molecule has 2 aromatic carbocycles. The van der Waals surface area contributed by atoms with Gasteiger partial charge in [0.25, 0.3) is 5.91 Å². The molecular formula is C23H18N4O4. The molecule has 0 saturated carbocycles. The zero-order valence-corrected chi connectivity index (χ0v) is 16.6. The Kier molecular flexibility index (Phi) is 5.53. The van der Waals surface area contributed by atoms with E-state index in [4.69, 9.17) is 4.74 Å². The van der Waals surface area contributed by atoms with E-state index in [1.54, 1.807) is 73.9 Å². The lowest BCUT2D eigenvalue weighted by molar-refractivity contribution is -0.119. The van der Waals surface area contributed by atoms with Gasteiger partial charge in [0, 0.05) is 23.5 Å². The summed E-state index contributed by atoms with van der Waals surface area (Å²) in [7, 11) is 0. The standard InChI is InChI=1S/C23H18N4O4/c1-15-20(22-24-12-7-13-27(22)26-15)23(30)31-14-19(28)25-18-11-6-5-10-17(18)21(29)16-8-3-2-4-9-16/h2-13H,14H2,1H3,(H,25,28). The number of carbonyl (C=O) groups excluding carboxylic acids is 3. The maximum absolute atomic E-state index is 12.8. The maximum Gasteiger partial charge on any atom is 0.344 e. The number of ketones is 1. The highest BCUT2D eigenvalue weighted by atomic mass is 16.5. The van der Waals surface area contributed by atoms with Crippen molar-refractivity contribution >= 4 is 29.0 Å². The summed E-state index contributed by atoms with van der Waals surface area (Å²) in [5.74, 6) is -1.49. The Morgan fingerprint density at radius 1 is 1.00 bits per heavy atom. The third-order valence-corrected chi connectivity index (χ3v) is 4.59. The van der Waals surface area contributed by atoms with Gasteiger partial charge in [0.05, 0.1) is 11.4 Å². The maximum atomic E-state index is 12.8. The van der Waals surface area contributed by atoms with Crippen LogP contribution in [0.1, 0.15) is 32.0 Å². The predicted molar refractivity (Wildman–Crippen MR) is 113 cm³/mol. The van der Waals surface area contributed by atoms with Crippen molar-refractivity contribution in [3.05, 3.63) is 95.4 Å². The topological polar surface area (TPSA) is 103 Å². The van der Waals surface area contributed by atoms with Gasteiger partial charge in [0.15, 0.2) is 18.0 Å². The lowest BCUT2D eigenvalue weighted by Gasteiger charge is -2.11. The molecule has 0 radical (unpaired) electrons. The molecule has 2 heterocycles. The molecule has 0 aliphatic carbocycles.